The molecule has 96 valence electrons. The quantitative estimate of drug-likeness (QED) is 0.593. The third kappa shape index (κ3) is 1.64. The Labute approximate surface area is 114 Å². The Hall–Kier alpha value is -1.94. The van der Waals surface area contributed by atoms with Gasteiger partial charge in [-0.1, -0.05) is 0 Å². The van der Waals surface area contributed by atoms with Crippen molar-refractivity contribution in [3.8, 4) is 11.3 Å². The normalized spacial score (nSPS) is 13.4. The van der Waals surface area contributed by atoms with E-state index in [1.54, 1.807) is 6.07 Å². The van der Waals surface area contributed by atoms with E-state index in [1.807, 2.05) is 19.9 Å². The lowest BCUT2D eigenvalue weighted by molar-refractivity contribution is 0.0812. The maximum absolute atomic E-state index is 12.1. The summed E-state index contributed by atoms with van der Waals surface area (Å²) in [6, 6.07) is 3.56. The van der Waals surface area contributed by atoms with E-state index in [4.69, 9.17) is 16.0 Å². The van der Waals surface area contributed by atoms with E-state index in [0.717, 1.165) is 11.1 Å². The highest BCUT2D eigenvalue weighted by Crippen LogP contribution is 2.35. The van der Waals surface area contributed by atoms with Crippen LogP contribution in [0.25, 0.3) is 11.3 Å². The molecule has 1 aromatic carbocycles. The smallest absolute Gasteiger partial charge is 0.255 e. The van der Waals surface area contributed by atoms with E-state index in [-0.39, 0.29) is 17.5 Å². The number of alkyl halides is 1. The molecular weight excluding hydrogens is 266 g/mol. The number of hydrogen-bond acceptors (Lipinski definition) is 4. The number of carbonyl (C=O) groups is 2. The molecule has 19 heavy (non-hydrogen) atoms. The first-order valence-corrected chi connectivity index (χ1v) is 6.32. The van der Waals surface area contributed by atoms with Crippen LogP contribution >= 0.6 is 11.6 Å². The fourth-order valence-electron chi connectivity index (χ4n) is 2.18. The average molecular weight is 276 g/mol. The Kier molecular flexibility index (Phi) is 2.57. The third-order valence-electron chi connectivity index (χ3n) is 3.33. The number of nitrogens with zero attached hydrogens (tertiary/aromatic N) is 1. The molecule has 0 atom stereocenters. The number of Topliss-reactive ketones (excluding diaryl/α,β-unsaturated/α-hetero) is 2. The number of rotatable bonds is 1. The van der Waals surface area contributed by atoms with Gasteiger partial charge in [0.25, 0.3) is 5.78 Å². The molecule has 0 spiro atoms. The summed E-state index contributed by atoms with van der Waals surface area (Å²) in [5.41, 5.74) is 3.04. The van der Waals surface area contributed by atoms with Gasteiger partial charge in [-0.2, -0.15) is 0 Å². The molecule has 0 saturated carbocycles. The number of aromatic nitrogens is 1. The number of carbonyl (C=O) groups excluding carboxylic acids is 2. The van der Waals surface area contributed by atoms with Crippen molar-refractivity contribution >= 4 is 23.2 Å². The topological polar surface area (TPSA) is 60.2 Å². The van der Waals surface area contributed by atoms with Crippen LogP contribution in [0.1, 0.15) is 37.9 Å². The minimum Gasteiger partial charge on any atom is -0.439 e. The van der Waals surface area contributed by atoms with Crippen LogP contribution in [0, 0.1) is 13.8 Å². The van der Waals surface area contributed by atoms with Crippen molar-refractivity contribution in [2.45, 2.75) is 19.7 Å². The second kappa shape index (κ2) is 4.03. The molecule has 0 fully saturated rings. The van der Waals surface area contributed by atoms with Gasteiger partial charge in [0.2, 0.25) is 11.7 Å². The summed E-state index contributed by atoms with van der Waals surface area (Å²) in [4.78, 5) is 28.0. The summed E-state index contributed by atoms with van der Waals surface area (Å²) in [6.45, 7) is 3.84. The zero-order valence-corrected chi connectivity index (χ0v) is 11.2. The Morgan fingerprint density at radius 3 is 2.37 bits per heavy atom. The predicted molar refractivity (Wildman–Crippen MR) is 69.6 cm³/mol. The Morgan fingerprint density at radius 1 is 1.11 bits per heavy atom. The van der Waals surface area contributed by atoms with Gasteiger partial charge in [-0.3, -0.25) is 9.59 Å². The van der Waals surface area contributed by atoms with Gasteiger partial charge in [0.15, 0.2) is 11.5 Å². The summed E-state index contributed by atoms with van der Waals surface area (Å²) < 4.78 is 5.48. The summed E-state index contributed by atoms with van der Waals surface area (Å²) >= 11 is 5.66. The van der Waals surface area contributed by atoms with Crippen LogP contribution in [-0.4, -0.2) is 16.6 Å². The van der Waals surface area contributed by atoms with Gasteiger partial charge in [-0.05, 0) is 37.1 Å². The van der Waals surface area contributed by atoms with Gasteiger partial charge in [0.1, 0.15) is 0 Å². The second-order valence-electron chi connectivity index (χ2n) is 4.56. The summed E-state index contributed by atoms with van der Waals surface area (Å²) in [6.07, 6.45) is 0. The highest BCUT2D eigenvalue weighted by atomic mass is 35.5. The van der Waals surface area contributed by atoms with Crippen molar-refractivity contribution in [1.29, 1.82) is 0 Å². The lowest BCUT2D eigenvalue weighted by Crippen LogP contribution is -2.21. The van der Waals surface area contributed by atoms with Crippen molar-refractivity contribution in [3.63, 3.8) is 0 Å². The molecule has 1 aliphatic rings. The molecule has 0 aliphatic heterocycles. The van der Waals surface area contributed by atoms with E-state index in [1.165, 1.54) is 0 Å². The first-order chi connectivity index (χ1) is 9.02. The molecule has 1 aromatic heterocycles. The maximum atomic E-state index is 12.1. The number of oxazole rings is 1. The first-order valence-electron chi connectivity index (χ1n) is 5.79. The van der Waals surface area contributed by atoms with Crippen LogP contribution < -0.4 is 0 Å². The summed E-state index contributed by atoms with van der Waals surface area (Å²) in [5.74, 6) is -0.516. The van der Waals surface area contributed by atoms with Crippen LogP contribution in [0.3, 0.4) is 0 Å². The number of hydrogen-bond donors (Lipinski definition) is 0. The molecular formula is C14H10ClNO3. The fraction of sp³-hybridized carbons (Fsp3) is 0.214. The van der Waals surface area contributed by atoms with Crippen LogP contribution in [-0.2, 0) is 5.88 Å². The van der Waals surface area contributed by atoms with Gasteiger partial charge in [-0.25, -0.2) is 4.98 Å². The molecule has 2 aromatic rings. The van der Waals surface area contributed by atoms with E-state index in [0.29, 0.717) is 16.9 Å². The fourth-order valence-corrected chi connectivity index (χ4v) is 2.29. The second-order valence-corrected chi connectivity index (χ2v) is 4.83. The molecule has 1 aliphatic carbocycles. The molecule has 0 amide bonds. The van der Waals surface area contributed by atoms with Crippen LogP contribution in [0.5, 0.6) is 0 Å². The molecule has 0 unspecified atom stereocenters. The van der Waals surface area contributed by atoms with Crippen LogP contribution in [0.15, 0.2) is 16.5 Å². The van der Waals surface area contributed by atoms with E-state index < -0.39 is 11.6 Å². The van der Waals surface area contributed by atoms with Gasteiger partial charge >= 0.3 is 0 Å². The summed E-state index contributed by atoms with van der Waals surface area (Å²) in [5, 5.41) is 0. The van der Waals surface area contributed by atoms with E-state index in [2.05, 4.69) is 4.98 Å². The molecule has 0 bridgehead atoms. The molecule has 3 rings (SSSR count). The van der Waals surface area contributed by atoms with Gasteiger partial charge in [-0.15, -0.1) is 11.6 Å². The van der Waals surface area contributed by atoms with Crippen molar-refractivity contribution in [2.75, 3.05) is 0 Å². The van der Waals surface area contributed by atoms with Gasteiger partial charge < -0.3 is 4.42 Å². The van der Waals surface area contributed by atoms with Gasteiger partial charge in [0, 0.05) is 11.1 Å². The number of ketones is 2. The molecule has 4 nitrogen and oxygen atoms in total. The molecule has 0 saturated heterocycles. The van der Waals surface area contributed by atoms with Gasteiger partial charge in [0.05, 0.1) is 5.88 Å². The zero-order chi connectivity index (χ0) is 13.7. The number of aryl methyl sites for hydroxylation is 2. The Balaban J connectivity index is 2.35. The predicted octanol–water partition coefficient (Wildman–Crippen LogP) is 3.08. The largest absolute Gasteiger partial charge is 0.439 e. The molecule has 0 radical (unpaired) electrons. The van der Waals surface area contributed by atoms with Crippen molar-refractivity contribution in [3.05, 3.63) is 40.4 Å². The Bertz CT molecular complexity index is 731. The lowest BCUT2D eigenvalue weighted by atomic mass is 9.88. The number of halogens is 1. The number of benzene rings is 1. The molecule has 1 heterocycles. The van der Waals surface area contributed by atoms with E-state index in [9.17, 15) is 9.59 Å². The highest BCUT2D eigenvalue weighted by Gasteiger charge is 2.35. The minimum absolute atomic E-state index is 0.0641. The summed E-state index contributed by atoms with van der Waals surface area (Å²) in [7, 11) is 0. The van der Waals surface area contributed by atoms with Crippen LogP contribution in [0.2, 0.25) is 0 Å². The SMILES string of the molecule is Cc1cc2c(cc1C)-c1oc(CCl)nc1C(=O)C2=O. The highest BCUT2D eigenvalue weighted by molar-refractivity contribution is 6.52. The standard InChI is InChI=1S/C14H10ClNO3/c1-6-3-8-9(4-7(6)2)14-11(13(18)12(8)17)16-10(5-15)19-14/h3-4H,5H2,1-2H3. The zero-order valence-electron chi connectivity index (χ0n) is 10.4. The molecule has 5 heteroatoms. The third-order valence-corrected chi connectivity index (χ3v) is 3.56. The van der Waals surface area contributed by atoms with E-state index >= 15 is 0 Å². The molecule has 0 N–H and O–H groups in total. The lowest BCUT2D eigenvalue weighted by Gasteiger charge is -2.14. The van der Waals surface area contributed by atoms with Crippen molar-refractivity contribution in [2.24, 2.45) is 0 Å². The number of fused-ring (bicyclic) bond motifs is 3. The van der Waals surface area contributed by atoms with Crippen molar-refractivity contribution < 1.29 is 14.0 Å². The first kappa shape index (κ1) is 12.1. The maximum Gasteiger partial charge on any atom is 0.255 e. The monoisotopic (exact) mass is 275 g/mol. The van der Waals surface area contributed by atoms with Crippen LogP contribution in [0.4, 0.5) is 0 Å². The van der Waals surface area contributed by atoms with Crippen molar-refractivity contribution in [1.82, 2.24) is 4.98 Å². The average Bonchev–Trinajstić information content (AvgIpc) is 2.83. The minimum atomic E-state index is -0.633. The Morgan fingerprint density at radius 2 is 1.74 bits per heavy atom.